The molecule has 0 heterocycles. The molecular formula is C24H35NO4S. The summed E-state index contributed by atoms with van der Waals surface area (Å²) in [4.78, 5) is 14.4. The Hall–Kier alpha value is -2.08. The van der Waals surface area contributed by atoms with Crippen LogP contribution in [0.25, 0.3) is 10.8 Å². The lowest BCUT2D eigenvalue weighted by Crippen LogP contribution is -2.39. The summed E-state index contributed by atoms with van der Waals surface area (Å²) in [6.07, 6.45) is 6.76. The number of amides is 1. The summed E-state index contributed by atoms with van der Waals surface area (Å²) in [6, 6.07) is 12.8. The second-order valence-corrected chi connectivity index (χ2v) is 9.87. The Morgan fingerprint density at radius 1 is 0.967 bits per heavy atom. The number of unbranched alkanes of at least 4 members (excludes halogenated alkanes) is 5. The number of carbonyl (C=O) groups excluding carboxylic acids is 1. The van der Waals surface area contributed by atoms with Gasteiger partial charge < -0.3 is 9.08 Å². The number of carbonyl (C=O) groups is 1. The van der Waals surface area contributed by atoms with Crippen LogP contribution in [-0.4, -0.2) is 38.1 Å². The lowest BCUT2D eigenvalue weighted by molar-refractivity contribution is -0.129. The van der Waals surface area contributed by atoms with Crippen LogP contribution in [0.1, 0.15) is 59.3 Å². The van der Waals surface area contributed by atoms with Crippen molar-refractivity contribution in [3.8, 4) is 5.75 Å². The number of benzene rings is 2. The lowest BCUT2D eigenvalue weighted by atomic mass is 10.1. The highest BCUT2D eigenvalue weighted by molar-refractivity contribution is 7.87. The monoisotopic (exact) mass is 433 g/mol. The second kappa shape index (κ2) is 11.9. The standard InChI is InChI=1S/C24H35NO4S/c1-4-5-6-7-8-11-16-25(18-20(2)3)24(26)19-30(27,28)29-23-15-14-21-12-9-10-13-22(21)17-23/h9-10,12-15,17,20H,4-8,11,16,18-19H2,1-3H3. The van der Waals surface area contributed by atoms with Crippen molar-refractivity contribution in [2.45, 2.75) is 59.3 Å². The van der Waals surface area contributed by atoms with Gasteiger partial charge in [0.1, 0.15) is 5.75 Å². The van der Waals surface area contributed by atoms with Gasteiger partial charge in [0.25, 0.3) is 0 Å². The van der Waals surface area contributed by atoms with Gasteiger partial charge in [0.15, 0.2) is 5.75 Å². The van der Waals surface area contributed by atoms with Gasteiger partial charge in [-0.25, -0.2) is 0 Å². The van der Waals surface area contributed by atoms with E-state index in [1.165, 1.54) is 19.3 Å². The minimum absolute atomic E-state index is 0.229. The summed E-state index contributed by atoms with van der Waals surface area (Å²) in [7, 11) is -4.02. The van der Waals surface area contributed by atoms with Crippen molar-refractivity contribution in [1.29, 1.82) is 0 Å². The van der Waals surface area contributed by atoms with Crippen LogP contribution in [0.3, 0.4) is 0 Å². The molecule has 0 unspecified atom stereocenters. The van der Waals surface area contributed by atoms with E-state index in [1.54, 1.807) is 17.0 Å². The van der Waals surface area contributed by atoms with E-state index in [-0.39, 0.29) is 11.7 Å². The first-order chi connectivity index (χ1) is 14.3. The molecule has 166 valence electrons. The van der Waals surface area contributed by atoms with Crippen LogP contribution in [0.5, 0.6) is 5.75 Å². The Balaban J connectivity index is 1.95. The minimum atomic E-state index is -4.02. The molecule has 2 aromatic carbocycles. The van der Waals surface area contributed by atoms with Crippen molar-refractivity contribution in [3.63, 3.8) is 0 Å². The van der Waals surface area contributed by atoms with Gasteiger partial charge in [-0.15, -0.1) is 0 Å². The summed E-state index contributed by atoms with van der Waals surface area (Å²) >= 11 is 0. The molecule has 0 aliphatic rings. The average molecular weight is 434 g/mol. The van der Waals surface area contributed by atoms with Gasteiger partial charge in [-0.2, -0.15) is 8.42 Å². The van der Waals surface area contributed by atoms with Gasteiger partial charge in [0, 0.05) is 13.1 Å². The third kappa shape index (κ3) is 8.34. The molecule has 0 spiro atoms. The summed E-state index contributed by atoms with van der Waals surface area (Å²) < 4.78 is 30.3. The predicted molar refractivity (Wildman–Crippen MR) is 123 cm³/mol. The minimum Gasteiger partial charge on any atom is -0.382 e. The predicted octanol–water partition coefficient (Wildman–Crippen LogP) is 5.39. The SMILES string of the molecule is CCCCCCCCN(CC(C)C)C(=O)CS(=O)(=O)Oc1ccc2ccccc2c1. The van der Waals surface area contributed by atoms with Crippen LogP contribution in [-0.2, 0) is 14.9 Å². The first-order valence-corrected chi connectivity index (χ1v) is 12.6. The summed E-state index contributed by atoms with van der Waals surface area (Å²) in [5, 5.41) is 1.89. The van der Waals surface area contributed by atoms with Crippen molar-refractivity contribution in [1.82, 2.24) is 4.90 Å². The molecule has 0 atom stereocenters. The quantitative estimate of drug-likeness (QED) is 0.314. The maximum Gasteiger partial charge on any atom is 0.318 e. The molecule has 0 aliphatic carbocycles. The third-order valence-corrected chi connectivity index (χ3v) is 6.01. The molecule has 6 heteroatoms. The molecular weight excluding hydrogens is 398 g/mol. The molecule has 2 aromatic rings. The second-order valence-electron chi connectivity index (χ2n) is 8.30. The molecule has 5 nitrogen and oxygen atoms in total. The zero-order valence-electron chi connectivity index (χ0n) is 18.5. The van der Waals surface area contributed by atoms with Gasteiger partial charge in [-0.1, -0.05) is 83.2 Å². The zero-order valence-corrected chi connectivity index (χ0v) is 19.3. The van der Waals surface area contributed by atoms with Crippen LogP contribution in [0.4, 0.5) is 0 Å². The van der Waals surface area contributed by atoms with Crippen molar-refractivity contribution in [2.75, 3.05) is 18.8 Å². The molecule has 30 heavy (non-hydrogen) atoms. The summed E-state index contributed by atoms with van der Waals surface area (Å²) in [5.74, 6) is -0.522. The molecule has 0 aromatic heterocycles. The van der Waals surface area contributed by atoms with Crippen molar-refractivity contribution < 1.29 is 17.4 Å². The van der Waals surface area contributed by atoms with Crippen molar-refractivity contribution in [2.24, 2.45) is 5.92 Å². The maximum absolute atomic E-state index is 12.7. The topological polar surface area (TPSA) is 63.7 Å². The molecule has 1 amide bonds. The van der Waals surface area contributed by atoms with E-state index in [2.05, 4.69) is 6.92 Å². The normalized spacial score (nSPS) is 11.7. The zero-order chi connectivity index (χ0) is 22.0. The van der Waals surface area contributed by atoms with E-state index in [9.17, 15) is 13.2 Å². The van der Waals surface area contributed by atoms with Crippen molar-refractivity contribution in [3.05, 3.63) is 42.5 Å². The molecule has 2 rings (SSSR count). The Kier molecular flexibility index (Phi) is 9.63. The fourth-order valence-corrected chi connectivity index (χ4v) is 4.42. The largest absolute Gasteiger partial charge is 0.382 e. The Bertz CT molecular complexity index is 908. The van der Waals surface area contributed by atoms with Crippen LogP contribution < -0.4 is 4.18 Å². The lowest BCUT2D eigenvalue weighted by Gasteiger charge is -2.24. The number of hydrogen-bond donors (Lipinski definition) is 0. The Morgan fingerprint density at radius 2 is 1.63 bits per heavy atom. The summed E-state index contributed by atoms with van der Waals surface area (Å²) in [6.45, 7) is 7.39. The van der Waals surface area contributed by atoms with Crippen LogP contribution >= 0.6 is 0 Å². The Morgan fingerprint density at radius 3 is 2.33 bits per heavy atom. The molecule has 0 bridgehead atoms. The highest BCUT2D eigenvalue weighted by Crippen LogP contribution is 2.22. The number of rotatable bonds is 13. The van der Waals surface area contributed by atoms with E-state index < -0.39 is 21.8 Å². The molecule has 0 saturated heterocycles. The van der Waals surface area contributed by atoms with Crippen LogP contribution in [0, 0.1) is 5.92 Å². The fourth-order valence-electron chi connectivity index (χ4n) is 3.48. The van der Waals surface area contributed by atoms with Crippen LogP contribution in [0.15, 0.2) is 42.5 Å². The van der Waals surface area contributed by atoms with E-state index in [4.69, 9.17) is 4.18 Å². The van der Waals surface area contributed by atoms with Crippen molar-refractivity contribution >= 4 is 26.8 Å². The van der Waals surface area contributed by atoms with Crippen LogP contribution in [0.2, 0.25) is 0 Å². The van der Waals surface area contributed by atoms with E-state index in [0.29, 0.717) is 13.1 Å². The van der Waals surface area contributed by atoms with E-state index in [0.717, 1.165) is 30.0 Å². The average Bonchev–Trinajstić information content (AvgIpc) is 2.68. The molecule has 0 radical (unpaired) electrons. The van der Waals surface area contributed by atoms with E-state index >= 15 is 0 Å². The maximum atomic E-state index is 12.7. The smallest absolute Gasteiger partial charge is 0.318 e. The molecule has 0 aliphatic heterocycles. The van der Waals surface area contributed by atoms with Gasteiger partial charge in [0.05, 0.1) is 0 Å². The van der Waals surface area contributed by atoms with Gasteiger partial charge in [-0.3, -0.25) is 4.79 Å². The molecule has 0 N–H and O–H groups in total. The number of fused-ring (bicyclic) bond motifs is 1. The number of hydrogen-bond acceptors (Lipinski definition) is 4. The van der Waals surface area contributed by atoms with Gasteiger partial charge in [-0.05, 0) is 35.2 Å². The van der Waals surface area contributed by atoms with Gasteiger partial charge in [0.2, 0.25) is 5.91 Å². The van der Waals surface area contributed by atoms with Gasteiger partial charge >= 0.3 is 10.1 Å². The number of nitrogens with zero attached hydrogens (tertiary/aromatic N) is 1. The summed E-state index contributed by atoms with van der Waals surface area (Å²) in [5.41, 5.74) is 0. The highest BCUT2D eigenvalue weighted by atomic mass is 32.2. The first kappa shape index (κ1) is 24.2. The Labute approximate surface area is 181 Å². The fraction of sp³-hybridized carbons (Fsp3) is 0.542. The molecule has 0 fully saturated rings. The third-order valence-electron chi connectivity index (χ3n) is 4.96. The van der Waals surface area contributed by atoms with E-state index in [1.807, 2.05) is 44.2 Å². The molecule has 0 saturated carbocycles. The highest BCUT2D eigenvalue weighted by Gasteiger charge is 2.24. The first-order valence-electron chi connectivity index (χ1n) is 11.0.